The van der Waals surface area contributed by atoms with Crippen molar-refractivity contribution in [3.8, 4) is 0 Å². The number of carbonyl (C=O) groups excluding carboxylic acids is 1. The second-order valence-electron chi connectivity index (χ2n) is 5.90. The van der Waals surface area contributed by atoms with Gasteiger partial charge in [-0.3, -0.25) is 0 Å². The summed E-state index contributed by atoms with van der Waals surface area (Å²) in [4.78, 5) is 11.9. The molecule has 1 aliphatic heterocycles. The minimum atomic E-state index is -0.944. The fourth-order valence-electron chi connectivity index (χ4n) is 3.57. The van der Waals surface area contributed by atoms with Crippen molar-refractivity contribution in [2.24, 2.45) is 0 Å². The number of aliphatic hydroxyl groups excluding tert-OH is 1. The van der Waals surface area contributed by atoms with Crippen molar-refractivity contribution in [2.75, 3.05) is 14.2 Å². The van der Waals surface area contributed by atoms with Gasteiger partial charge in [0.15, 0.2) is 5.79 Å². The van der Waals surface area contributed by atoms with Gasteiger partial charge in [0.1, 0.15) is 24.4 Å². The summed E-state index contributed by atoms with van der Waals surface area (Å²) in [7, 11) is 2.76. The zero-order chi connectivity index (χ0) is 15.0. The summed E-state index contributed by atoms with van der Waals surface area (Å²) < 4.78 is 22.1. The van der Waals surface area contributed by atoms with E-state index in [0.29, 0.717) is 5.57 Å². The van der Waals surface area contributed by atoms with Crippen molar-refractivity contribution >= 4 is 5.97 Å². The summed E-state index contributed by atoms with van der Waals surface area (Å²) >= 11 is 0. The number of rotatable bonds is 2. The van der Waals surface area contributed by atoms with E-state index in [1.54, 1.807) is 6.08 Å². The first-order chi connectivity index (χ1) is 10.1. The molecule has 0 radical (unpaired) electrons. The lowest BCUT2D eigenvalue weighted by Crippen LogP contribution is -2.49. The molecule has 0 aromatic heterocycles. The van der Waals surface area contributed by atoms with Crippen LogP contribution in [0, 0.1) is 0 Å². The quantitative estimate of drug-likeness (QED) is 0.764. The lowest BCUT2D eigenvalue weighted by atomic mass is 9.89. The van der Waals surface area contributed by atoms with Gasteiger partial charge < -0.3 is 24.1 Å². The molecule has 1 N–H and O–H groups in total. The van der Waals surface area contributed by atoms with Gasteiger partial charge in [-0.05, 0) is 18.9 Å². The molecule has 1 spiro atoms. The van der Waals surface area contributed by atoms with Gasteiger partial charge in [0, 0.05) is 20.0 Å². The molecule has 0 aromatic rings. The summed E-state index contributed by atoms with van der Waals surface area (Å²) in [5.74, 6) is -1.12. The van der Waals surface area contributed by atoms with E-state index in [0.717, 1.165) is 25.7 Å². The maximum atomic E-state index is 11.9. The molecule has 1 saturated carbocycles. The van der Waals surface area contributed by atoms with Crippen LogP contribution in [0.2, 0.25) is 0 Å². The summed E-state index contributed by atoms with van der Waals surface area (Å²) in [6.45, 7) is 0. The standard InChI is InChI=1S/C15H22O6/c1-18-12-9(14(17)19-2)8-10-13(11(12)16)21-15(20-10)6-4-3-5-7-15/h8,10-13,16H,3-7H2,1-2H3/t10-,11+,12+,13-/m1/s1. The molecular formula is C15H22O6. The molecule has 0 unspecified atom stereocenters. The third kappa shape index (κ3) is 2.50. The predicted molar refractivity (Wildman–Crippen MR) is 72.5 cm³/mol. The Kier molecular flexibility index (Phi) is 4.05. The van der Waals surface area contributed by atoms with Crippen LogP contribution >= 0.6 is 0 Å². The molecule has 1 heterocycles. The molecule has 0 aromatic carbocycles. The Labute approximate surface area is 124 Å². The number of hydrogen-bond acceptors (Lipinski definition) is 6. The monoisotopic (exact) mass is 298 g/mol. The second kappa shape index (κ2) is 5.68. The minimum Gasteiger partial charge on any atom is -0.466 e. The first kappa shape index (κ1) is 15.0. The summed E-state index contributed by atoms with van der Waals surface area (Å²) in [5.41, 5.74) is 0.296. The van der Waals surface area contributed by atoms with Crippen molar-refractivity contribution in [3.63, 3.8) is 0 Å². The van der Waals surface area contributed by atoms with Crippen molar-refractivity contribution in [2.45, 2.75) is 62.3 Å². The Morgan fingerprint density at radius 3 is 2.62 bits per heavy atom. The predicted octanol–water partition coefficient (Wildman–Crippen LogP) is 0.920. The van der Waals surface area contributed by atoms with Crippen LogP contribution in [0.1, 0.15) is 32.1 Å². The molecule has 1 saturated heterocycles. The second-order valence-corrected chi connectivity index (χ2v) is 5.90. The molecule has 4 atom stereocenters. The van der Waals surface area contributed by atoms with Crippen LogP contribution in [0.3, 0.4) is 0 Å². The smallest absolute Gasteiger partial charge is 0.336 e. The average Bonchev–Trinajstić information content (AvgIpc) is 2.85. The number of ether oxygens (including phenoxy) is 4. The molecule has 6 heteroatoms. The van der Waals surface area contributed by atoms with Crippen molar-refractivity contribution in [1.82, 2.24) is 0 Å². The molecule has 0 amide bonds. The molecule has 2 aliphatic carbocycles. The van der Waals surface area contributed by atoms with E-state index >= 15 is 0 Å². The molecular weight excluding hydrogens is 276 g/mol. The van der Waals surface area contributed by atoms with Crippen LogP contribution in [0.25, 0.3) is 0 Å². The zero-order valence-electron chi connectivity index (χ0n) is 12.4. The lowest BCUT2D eigenvalue weighted by molar-refractivity contribution is -0.201. The van der Waals surface area contributed by atoms with Gasteiger partial charge in [-0.15, -0.1) is 0 Å². The number of methoxy groups -OCH3 is 2. The molecule has 21 heavy (non-hydrogen) atoms. The fraction of sp³-hybridized carbons (Fsp3) is 0.800. The van der Waals surface area contributed by atoms with Gasteiger partial charge >= 0.3 is 5.97 Å². The zero-order valence-corrected chi connectivity index (χ0v) is 12.4. The van der Waals surface area contributed by atoms with Crippen LogP contribution in [-0.4, -0.2) is 55.5 Å². The number of aliphatic hydroxyl groups is 1. The Balaban J connectivity index is 1.87. The highest BCUT2D eigenvalue weighted by atomic mass is 16.8. The average molecular weight is 298 g/mol. The Bertz CT molecular complexity index is 439. The Hall–Kier alpha value is -0.950. The molecule has 3 rings (SSSR count). The van der Waals surface area contributed by atoms with E-state index in [4.69, 9.17) is 18.9 Å². The maximum absolute atomic E-state index is 11.9. The van der Waals surface area contributed by atoms with Crippen molar-refractivity contribution in [1.29, 1.82) is 0 Å². The SMILES string of the molecule is COC(=O)C1=C[C@H]2OC3(CCCCC3)O[C@H]2[C@@H](O)[C@H]1OC. The fourth-order valence-corrected chi connectivity index (χ4v) is 3.57. The summed E-state index contributed by atoms with van der Waals surface area (Å²) in [5, 5.41) is 10.5. The van der Waals surface area contributed by atoms with Gasteiger partial charge in [-0.1, -0.05) is 6.42 Å². The van der Waals surface area contributed by atoms with E-state index in [-0.39, 0.29) is 0 Å². The van der Waals surface area contributed by atoms with Gasteiger partial charge in [-0.2, -0.15) is 0 Å². The van der Waals surface area contributed by atoms with Gasteiger partial charge in [-0.25, -0.2) is 4.79 Å². The van der Waals surface area contributed by atoms with E-state index in [1.807, 2.05) is 0 Å². The largest absolute Gasteiger partial charge is 0.466 e. The van der Waals surface area contributed by atoms with Gasteiger partial charge in [0.25, 0.3) is 0 Å². The normalized spacial score (nSPS) is 38.0. The molecule has 6 nitrogen and oxygen atoms in total. The molecule has 0 bridgehead atoms. The lowest BCUT2D eigenvalue weighted by Gasteiger charge is -2.33. The molecule has 118 valence electrons. The molecule has 2 fully saturated rings. The number of esters is 1. The van der Waals surface area contributed by atoms with Crippen LogP contribution in [-0.2, 0) is 23.7 Å². The van der Waals surface area contributed by atoms with Crippen LogP contribution in [0.4, 0.5) is 0 Å². The Morgan fingerprint density at radius 1 is 1.29 bits per heavy atom. The Morgan fingerprint density at radius 2 is 2.00 bits per heavy atom. The third-order valence-corrected chi connectivity index (χ3v) is 4.61. The maximum Gasteiger partial charge on any atom is 0.336 e. The topological polar surface area (TPSA) is 74.2 Å². The highest BCUT2D eigenvalue weighted by molar-refractivity contribution is 5.90. The first-order valence-electron chi connectivity index (χ1n) is 7.47. The van der Waals surface area contributed by atoms with Crippen molar-refractivity contribution in [3.05, 3.63) is 11.6 Å². The number of carbonyl (C=O) groups is 1. The van der Waals surface area contributed by atoms with Crippen LogP contribution < -0.4 is 0 Å². The van der Waals surface area contributed by atoms with E-state index in [9.17, 15) is 9.90 Å². The number of hydrogen-bond donors (Lipinski definition) is 1. The summed E-state index contributed by atoms with van der Waals surface area (Å²) in [6.07, 6.45) is 3.99. The number of fused-ring (bicyclic) bond motifs is 1. The summed E-state index contributed by atoms with van der Waals surface area (Å²) in [6, 6.07) is 0. The van der Waals surface area contributed by atoms with Gasteiger partial charge in [0.05, 0.1) is 12.7 Å². The molecule has 3 aliphatic rings. The third-order valence-electron chi connectivity index (χ3n) is 4.61. The van der Waals surface area contributed by atoms with Gasteiger partial charge in [0.2, 0.25) is 0 Å². The van der Waals surface area contributed by atoms with E-state index in [1.165, 1.54) is 20.6 Å². The van der Waals surface area contributed by atoms with Crippen LogP contribution in [0.15, 0.2) is 11.6 Å². The highest BCUT2D eigenvalue weighted by Gasteiger charge is 2.54. The minimum absolute atomic E-state index is 0.296. The van der Waals surface area contributed by atoms with Crippen LogP contribution in [0.5, 0.6) is 0 Å². The van der Waals surface area contributed by atoms with E-state index in [2.05, 4.69) is 0 Å². The first-order valence-corrected chi connectivity index (χ1v) is 7.47. The van der Waals surface area contributed by atoms with E-state index < -0.39 is 36.2 Å². The highest BCUT2D eigenvalue weighted by Crippen LogP contribution is 2.44. The van der Waals surface area contributed by atoms with Crippen molar-refractivity contribution < 1.29 is 28.8 Å².